The van der Waals surface area contributed by atoms with E-state index in [1.807, 2.05) is 0 Å². The van der Waals surface area contributed by atoms with Crippen LogP contribution in [0.5, 0.6) is 0 Å². The Hall–Kier alpha value is -3.19. The molecule has 0 bridgehead atoms. The predicted molar refractivity (Wildman–Crippen MR) is 145 cm³/mol. The molecule has 1 saturated carbocycles. The number of carbonyl (C=O) groups excluding carboxylic acids is 1. The molecule has 1 aliphatic carbocycles. The Morgan fingerprint density at radius 1 is 1.10 bits per heavy atom. The van der Waals surface area contributed by atoms with Crippen molar-refractivity contribution in [3.63, 3.8) is 0 Å². The van der Waals surface area contributed by atoms with Gasteiger partial charge in [0.2, 0.25) is 15.9 Å². The molecule has 1 fully saturated rings. The van der Waals surface area contributed by atoms with Crippen LogP contribution in [0, 0.1) is 5.82 Å². The average Bonchev–Trinajstić information content (AvgIpc) is 2.89. The molecule has 2 heterocycles. The quantitative estimate of drug-likeness (QED) is 0.299. The molecule has 2 N–H and O–H groups in total. The van der Waals surface area contributed by atoms with Crippen molar-refractivity contribution in [3.8, 4) is 0 Å². The fraction of sp³-hybridized carbons (Fsp3) is 0.370. The number of hydrogen-bond donors (Lipinski definition) is 2. The van der Waals surface area contributed by atoms with Gasteiger partial charge >= 0.3 is 6.18 Å². The topological polar surface area (TPSA) is 101 Å². The van der Waals surface area contributed by atoms with Gasteiger partial charge in [-0.05, 0) is 48.7 Å². The molecule has 0 radical (unpaired) electrons. The van der Waals surface area contributed by atoms with Crippen molar-refractivity contribution in [1.29, 1.82) is 0 Å². The van der Waals surface area contributed by atoms with E-state index < -0.39 is 39.5 Å². The number of carbonyl (C=O) groups is 1. The molecule has 0 spiro atoms. The van der Waals surface area contributed by atoms with E-state index in [-0.39, 0.29) is 28.1 Å². The van der Waals surface area contributed by atoms with E-state index in [0.717, 1.165) is 50.5 Å². The second kappa shape index (κ2) is 12.5. The third-order valence-electron chi connectivity index (χ3n) is 6.38. The van der Waals surface area contributed by atoms with Crippen molar-refractivity contribution in [2.75, 3.05) is 11.0 Å². The molecule has 1 aliphatic rings. The fourth-order valence-corrected chi connectivity index (χ4v) is 6.38. The van der Waals surface area contributed by atoms with Crippen LogP contribution in [-0.2, 0) is 27.5 Å². The molecular weight excluding hydrogens is 568 g/mol. The van der Waals surface area contributed by atoms with Crippen molar-refractivity contribution in [2.45, 2.75) is 61.0 Å². The molecule has 3 aromatic rings. The number of benzene rings is 1. The first-order chi connectivity index (χ1) is 18.9. The lowest BCUT2D eigenvalue weighted by atomic mass is 9.93. The summed E-state index contributed by atoms with van der Waals surface area (Å²) >= 11 is 1.30. The molecule has 40 heavy (non-hydrogen) atoms. The molecule has 1 atom stereocenters. The van der Waals surface area contributed by atoms with Gasteiger partial charge in [-0.3, -0.25) is 14.5 Å². The Bertz CT molecular complexity index is 1450. The molecule has 13 heteroatoms. The summed E-state index contributed by atoms with van der Waals surface area (Å²) < 4.78 is 80.2. The zero-order chi connectivity index (χ0) is 28.9. The molecule has 4 rings (SSSR count). The van der Waals surface area contributed by atoms with Crippen molar-refractivity contribution in [1.82, 2.24) is 15.3 Å². The SMILES string of the molecule is CS(=O)(=O)Nc1ccc(C(C(=O)NCc2ccc(C(F)(F)F)nc2SC2CCCCC2)c2ccccn2)cc1F. The van der Waals surface area contributed by atoms with Gasteiger partial charge in [-0.25, -0.2) is 17.8 Å². The van der Waals surface area contributed by atoms with Crippen LogP contribution in [0.4, 0.5) is 23.2 Å². The second-order valence-electron chi connectivity index (χ2n) is 9.56. The molecule has 1 amide bonds. The normalized spacial score (nSPS) is 15.4. The molecule has 0 aliphatic heterocycles. The summed E-state index contributed by atoms with van der Waals surface area (Å²) in [5.74, 6) is -2.51. The van der Waals surface area contributed by atoms with E-state index in [0.29, 0.717) is 11.3 Å². The van der Waals surface area contributed by atoms with Gasteiger partial charge in [0.15, 0.2) is 0 Å². The number of alkyl halides is 3. The highest BCUT2D eigenvalue weighted by molar-refractivity contribution is 7.99. The summed E-state index contributed by atoms with van der Waals surface area (Å²) in [4.78, 5) is 21.6. The van der Waals surface area contributed by atoms with Gasteiger partial charge in [-0.2, -0.15) is 13.2 Å². The predicted octanol–water partition coefficient (Wildman–Crippen LogP) is 5.88. The van der Waals surface area contributed by atoms with Crippen LogP contribution in [0.3, 0.4) is 0 Å². The molecule has 1 aromatic carbocycles. The summed E-state index contributed by atoms with van der Waals surface area (Å²) in [6.07, 6.45) is 2.63. The van der Waals surface area contributed by atoms with Crippen LogP contribution in [0.2, 0.25) is 0 Å². The Labute approximate surface area is 234 Å². The first kappa shape index (κ1) is 29.8. The Balaban J connectivity index is 1.60. The third-order valence-corrected chi connectivity index (χ3v) is 8.35. The van der Waals surface area contributed by atoms with Gasteiger partial charge in [0, 0.05) is 23.6 Å². The Morgan fingerprint density at radius 3 is 2.48 bits per heavy atom. The van der Waals surface area contributed by atoms with Crippen LogP contribution in [0.25, 0.3) is 0 Å². The molecule has 7 nitrogen and oxygen atoms in total. The van der Waals surface area contributed by atoms with Gasteiger partial charge in [0.1, 0.15) is 22.5 Å². The van der Waals surface area contributed by atoms with Crippen LogP contribution < -0.4 is 10.0 Å². The number of hydrogen-bond acceptors (Lipinski definition) is 6. The lowest BCUT2D eigenvalue weighted by Gasteiger charge is -2.23. The summed E-state index contributed by atoms with van der Waals surface area (Å²) in [6.45, 7) is -0.0987. The van der Waals surface area contributed by atoms with Crippen molar-refractivity contribution in [3.05, 3.63) is 83.1 Å². The maximum absolute atomic E-state index is 14.8. The smallest absolute Gasteiger partial charge is 0.351 e. The molecule has 1 unspecified atom stereocenters. The van der Waals surface area contributed by atoms with Gasteiger partial charge in [-0.15, -0.1) is 11.8 Å². The van der Waals surface area contributed by atoms with E-state index in [2.05, 4.69) is 20.0 Å². The lowest BCUT2D eigenvalue weighted by Crippen LogP contribution is -2.30. The lowest BCUT2D eigenvalue weighted by molar-refractivity contribution is -0.141. The Kier molecular flexibility index (Phi) is 9.34. The minimum atomic E-state index is -4.60. The number of rotatable bonds is 9. The summed E-state index contributed by atoms with van der Waals surface area (Å²) in [7, 11) is -3.73. The number of nitrogens with zero attached hydrogens (tertiary/aromatic N) is 2. The highest BCUT2D eigenvalue weighted by atomic mass is 32.2. The first-order valence-electron chi connectivity index (χ1n) is 12.6. The van der Waals surface area contributed by atoms with Crippen LogP contribution in [0.1, 0.15) is 60.5 Å². The van der Waals surface area contributed by atoms with Crippen LogP contribution in [-0.4, -0.2) is 35.8 Å². The van der Waals surface area contributed by atoms with E-state index in [4.69, 9.17) is 0 Å². The van der Waals surface area contributed by atoms with Gasteiger partial charge in [0.25, 0.3) is 0 Å². The summed E-state index contributed by atoms with van der Waals surface area (Å²) in [5, 5.41) is 3.12. The Morgan fingerprint density at radius 2 is 1.85 bits per heavy atom. The molecular formula is C27H28F4N4O3S2. The van der Waals surface area contributed by atoms with Gasteiger partial charge < -0.3 is 5.32 Å². The number of nitrogens with one attached hydrogen (secondary N) is 2. The fourth-order valence-electron chi connectivity index (χ4n) is 4.49. The van der Waals surface area contributed by atoms with Crippen molar-refractivity contribution < 1.29 is 30.8 Å². The minimum Gasteiger partial charge on any atom is -0.351 e. The number of halogens is 4. The van der Waals surface area contributed by atoms with E-state index in [9.17, 15) is 30.8 Å². The zero-order valence-electron chi connectivity index (χ0n) is 21.5. The standard InChI is InChI=1S/C27H28F4N4O3S2/c1-40(37,38)35-21-12-10-17(15-20(21)28)24(22-9-5-6-14-32-22)25(36)33-16-18-11-13-23(27(29,30)31)34-26(18)39-19-7-3-2-4-8-19/h5-6,9-15,19,24,35H,2-4,7-8,16H2,1H3,(H,33,36). The van der Waals surface area contributed by atoms with Crippen LogP contribution in [0.15, 0.2) is 59.8 Å². The first-order valence-corrected chi connectivity index (χ1v) is 15.4. The maximum Gasteiger partial charge on any atom is 0.433 e. The number of sulfonamides is 1. The number of thioether (sulfide) groups is 1. The van der Waals surface area contributed by atoms with Crippen LogP contribution >= 0.6 is 11.8 Å². The maximum atomic E-state index is 14.8. The van der Waals surface area contributed by atoms with Crippen molar-refractivity contribution >= 4 is 33.4 Å². The van der Waals surface area contributed by atoms with E-state index in [1.54, 1.807) is 18.2 Å². The molecule has 0 saturated heterocycles. The summed E-state index contributed by atoms with van der Waals surface area (Å²) in [6, 6.07) is 10.8. The number of amides is 1. The number of anilines is 1. The second-order valence-corrected chi connectivity index (χ2v) is 12.6. The summed E-state index contributed by atoms with van der Waals surface area (Å²) in [5.41, 5.74) is -0.298. The zero-order valence-corrected chi connectivity index (χ0v) is 23.2. The molecule has 214 valence electrons. The van der Waals surface area contributed by atoms with Gasteiger partial charge in [-0.1, -0.05) is 37.5 Å². The van der Waals surface area contributed by atoms with Crippen molar-refractivity contribution in [2.24, 2.45) is 0 Å². The monoisotopic (exact) mass is 596 g/mol. The van der Waals surface area contributed by atoms with Gasteiger partial charge in [0.05, 0.1) is 17.6 Å². The minimum absolute atomic E-state index is 0.0987. The third kappa shape index (κ3) is 7.94. The highest BCUT2D eigenvalue weighted by Gasteiger charge is 2.34. The average molecular weight is 597 g/mol. The molecule has 2 aromatic heterocycles. The number of aromatic nitrogens is 2. The highest BCUT2D eigenvalue weighted by Crippen LogP contribution is 2.37. The van der Waals surface area contributed by atoms with E-state index in [1.165, 1.54) is 36.2 Å². The van der Waals surface area contributed by atoms with E-state index >= 15 is 0 Å². The number of pyridine rings is 2. The largest absolute Gasteiger partial charge is 0.433 e.